The van der Waals surface area contributed by atoms with Crippen LogP contribution in [-0.4, -0.2) is 0 Å². The summed E-state index contributed by atoms with van der Waals surface area (Å²) in [5.74, 6) is -0.248. The first-order valence-electron chi connectivity index (χ1n) is 4.89. The zero-order valence-electron chi connectivity index (χ0n) is 8.80. The van der Waals surface area contributed by atoms with Gasteiger partial charge in [0.2, 0.25) is 0 Å². The van der Waals surface area contributed by atoms with E-state index in [1.165, 1.54) is 12.1 Å². The summed E-state index contributed by atoms with van der Waals surface area (Å²) in [5.41, 5.74) is 9.10. The van der Waals surface area contributed by atoms with E-state index in [1.54, 1.807) is 24.3 Å². The van der Waals surface area contributed by atoms with Crippen molar-refractivity contribution in [2.75, 3.05) is 5.73 Å². The van der Waals surface area contributed by atoms with Gasteiger partial charge in [0.15, 0.2) is 0 Å². The van der Waals surface area contributed by atoms with Crippen LogP contribution in [0.15, 0.2) is 36.4 Å². The number of nitrogen functional groups attached to an aromatic ring is 1. The molecule has 0 fully saturated rings. The lowest BCUT2D eigenvalue weighted by Crippen LogP contribution is -1.92. The highest BCUT2D eigenvalue weighted by Gasteiger charge is 2.07. The maximum atomic E-state index is 13.0. The molecule has 16 heavy (non-hydrogen) atoms. The van der Waals surface area contributed by atoms with Gasteiger partial charge in [-0.1, -0.05) is 17.7 Å². The minimum absolute atomic E-state index is 0.248. The van der Waals surface area contributed by atoms with Gasteiger partial charge in [0, 0.05) is 16.3 Å². The number of rotatable bonds is 1. The lowest BCUT2D eigenvalue weighted by molar-refractivity contribution is 0.627. The minimum Gasteiger partial charge on any atom is -0.398 e. The standard InChI is InChI=1S/C13H11ClFN/c1-8-6-10(15)3-4-11(8)12-7-9(14)2-5-13(12)16/h2-7H,16H2,1H3. The third-order valence-corrected chi connectivity index (χ3v) is 2.73. The fourth-order valence-corrected chi connectivity index (χ4v) is 1.86. The van der Waals surface area contributed by atoms with Crippen molar-refractivity contribution in [2.45, 2.75) is 6.92 Å². The van der Waals surface area contributed by atoms with Gasteiger partial charge in [-0.15, -0.1) is 0 Å². The Morgan fingerprint density at radius 1 is 1.06 bits per heavy atom. The number of hydrogen-bond acceptors (Lipinski definition) is 1. The second kappa shape index (κ2) is 4.14. The molecule has 0 aromatic heterocycles. The Labute approximate surface area is 98.7 Å². The van der Waals surface area contributed by atoms with Crippen molar-refractivity contribution in [3.05, 3.63) is 52.8 Å². The third-order valence-electron chi connectivity index (χ3n) is 2.49. The summed E-state index contributed by atoms with van der Waals surface area (Å²) < 4.78 is 13.0. The van der Waals surface area contributed by atoms with E-state index in [0.29, 0.717) is 10.7 Å². The fraction of sp³-hybridized carbons (Fsp3) is 0.0769. The number of halogens is 2. The maximum Gasteiger partial charge on any atom is 0.123 e. The molecular formula is C13H11ClFN. The van der Waals surface area contributed by atoms with Gasteiger partial charge in [-0.25, -0.2) is 4.39 Å². The van der Waals surface area contributed by atoms with Crippen molar-refractivity contribution >= 4 is 17.3 Å². The van der Waals surface area contributed by atoms with Crippen molar-refractivity contribution in [3.8, 4) is 11.1 Å². The molecule has 3 heteroatoms. The fourth-order valence-electron chi connectivity index (χ4n) is 1.69. The second-order valence-electron chi connectivity index (χ2n) is 3.69. The molecule has 2 rings (SSSR count). The summed E-state index contributed by atoms with van der Waals surface area (Å²) in [5, 5.41) is 0.618. The first-order valence-corrected chi connectivity index (χ1v) is 5.27. The highest BCUT2D eigenvalue weighted by Crippen LogP contribution is 2.31. The van der Waals surface area contributed by atoms with Gasteiger partial charge >= 0.3 is 0 Å². The molecule has 2 N–H and O–H groups in total. The highest BCUT2D eigenvalue weighted by atomic mass is 35.5. The Kier molecular flexibility index (Phi) is 2.84. The molecule has 0 heterocycles. The highest BCUT2D eigenvalue weighted by molar-refractivity contribution is 6.31. The summed E-state index contributed by atoms with van der Waals surface area (Å²) >= 11 is 5.92. The van der Waals surface area contributed by atoms with E-state index in [0.717, 1.165) is 16.7 Å². The first kappa shape index (κ1) is 11.0. The van der Waals surface area contributed by atoms with E-state index in [2.05, 4.69) is 0 Å². The number of anilines is 1. The molecule has 2 aromatic rings. The molecule has 0 unspecified atom stereocenters. The molecule has 0 aliphatic heterocycles. The van der Waals surface area contributed by atoms with Crippen molar-refractivity contribution in [1.82, 2.24) is 0 Å². The molecule has 0 radical (unpaired) electrons. The van der Waals surface area contributed by atoms with E-state index in [-0.39, 0.29) is 5.82 Å². The summed E-state index contributed by atoms with van der Waals surface area (Å²) in [7, 11) is 0. The van der Waals surface area contributed by atoms with Crippen molar-refractivity contribution in [1.29, 1.82) is 0 Å². The molecule has 1 nitrogen and oxygen atoms in total. The Bertz CT molecular complexity index is 537. The van der Waals surface area contributed by atoms with Crippen LogP contribution in [0.1, 0.15) is 5.56 Å². The summed E-state index contributed by atoms with van der Waals surface area (Å²) in [6, 6.07) is 9.89. The van der Waals surface area contributed by atoms with Crippen LogP contribution in [-0.2, 0) is 0 Å². The van der Waals surface area contributed by atoms with Crippen LogP contribution < -0.4 is 5.73 Å². The van der Waals surface area contributed by atoms with E-state index in [1.807, 2.05) is 6.92 Å². The summed E-state index contributed by atoms with van der Waals surface area (Å²) in [6.07, 6.45) is 0. The smallest absolute Gasteiger partial charge is 0.123 e. The summed E-state index contributed by atoms with van der Waals surface area (Å²) in [4.78, 5) is 0. The molecule has 0 aliphatic rings. The van der Waals surface area contributed by atoms with E-state index >= 15 is 0 Å². The van der Waals surface area contributed by atoms with Crippen molar-refractivity contribution < 1.29 is 4.39 Å². The predicted octanol–water partition coefficient (Wildman–Crippen LogP) is 4.04. The van der Waals surface area contributed by atoms with Gasteiger partial charge in [-0.2, -0.15) is 0 Å². The zero-order valence-corrected chi connectivity index (χ0v) is 9.55. The molecule has 0 saturated heterocycles. The summed E-state index contributed by atoms with van der Waals surface area (Å²) in [6.45, 7) is 1.85. The number of hydrogen-bond donors (Lipinski definition) is 1. The lowest BCUT2D eigenvalue weighted by Gasteiger charge is -2.09. The van der Waals surface area contributed by atoms with Gasteiger partial charge in [0.05, 0.1) is 0 Å². The molecule has 2 aromatic carbocycles. The van der Waals surface area contributed by atoms with Crippen LogP contribution in [0.5, 0.6) is 0 Å². The minimum atomic E-state index is -0.248. The molecule has 0 atom stereocenters. The van der Waals surface area contributed by atoms with Crippen LogP contribution in [0.2, 0.25) is 5.02 Å². The molecule has 0 amide bonds. The Balaban J connectivity index is 2.62. The van der Waals surface area contributed by atoms with Crippen LogP contribution >= 0.6 is 11.6 Å². The Morgan fingerprint density at radius 2 is 1.81 bits per heavy atom. The van der Waals surface area contributed by atoms with Crippen LogP contribution in [0.3, 0.4) is 0 Å². The molecule has 82 valence electrons. The Morgan fingerprint density at radius 3 is 2.50 bits per heavy atom. The van der Waals surface area contributed by atoms with E-state index < -0.39 is 0 Å². The van der Waals surface area contributed by atoms with Crippen molar-refractivity contribution in [3.63, 3.8) is 0 Å². The van der Waals surface area contributed by atoms with E-state index in [9.17, 15) is 4.39 Å². The molecule has 0 aliphatic carbocycles. The number of benzene rings is 2. The Hall–Kier alpha value is -1.54. The largest absolute Gasteiger partial charge is 0.398 e. The first-order chi connectivity index (χ1) is 7.58. The maximum absolute atomic E-state index is 13.0. The average molecular weight is 236 g/mol. The van der Waals surface area contributed by atoms with Crippen LogP contribution in [0.25, 0.3) is 11.1 Å². The van der Waals surface area contributed by atoms with Crippen LogP contribution in [0.4, 0.5) is 10.1 Å². The third kappa shape index (κ3) is 2.02. The molecule has 0 bridgehead atoms. The zero-order chi connectivity index (χ0) is 11.7. The van der Waals surface area contributed by atoms with Gasteiger partial charge in [-0.3, -0.25) is 0 Å². The van der Waals surface area contributed by atoms with Gasteiger partial charge in [-0.05, 0) is 48.4 Å². The molecule has 0 saturated carbocycles. The molecule has 0 spiro atoms. The van der Waals surface area contributed by atoms with Gasteiger partial charge in [0.25, 0.3) is 0 Å². The van der Waals surface area contributed by atoms with Gasteiger partial charge < -0.3 is 5.73 Å². The SMILES string of the molecule is Cc1cc(F)ccc1-c1cc(Cl)ccc1N. The average Bonchev–Trinajstić information content (AvgIpc) is 2.22. The second-order valence-corrected chi connectivity index (χ2v) is 4.13. The normalized spacial score (nSPS) is 10.4. The van der Waals surface area contributed by atoms with Crippen LogP contribution in [0, 0.1) is 12.7 Å². The topological polar surface area (TPSA) is 26.0 Å². The quantitative estimate of drug-likeness (QED) is 0.742. The number of aryl methyl sites for hydroxylation is 1. The molecular weight excluding hydrogens is 225 g/mol. The van der Waals surface area contributed by atoms with E-state index in [4.69, 9.17) is 17.3 Å². The predicted molar refractivity (Wildman–Crippen MR) is 66.0 cm³/mol. The lowest BCUT2D eigenvalue weighted by atomic mass is 9.99. The number of nitrogens with two attached hydrogens (primary N) is 1. The van der Waals surface area contributed by atoms with Crippen molar-refractivity contribution in [2.24, 2.45) is 0 Å². The van der Waals surface area contributed by atoms with Gasteiger partial charge in [0.1, 0.15) is 5.82 Å². The monoisotopic (exact) mass is 235 g/mol.